The third kappa shape index (κ3) is 4.78. The van der Waals surface area contributed by atoms with Gasteiger partial charge in [0, 0.05) is 11.4 Å². The van der Waals surface area contributed by atoms with Gasteiger partial charge in [0.2, 0.25) is 5.91 Å². The standard InChI is InChI=1S/C26H26N4O2S/c1-16-12-14-20(15-13-16)30-24(21-10-5-6-11-22(21)31)28-29-26(30)33-19(4)25(32)27-23-17(2)8-7-9-18(23)3/h5-15,19,31H,1-4H3,(H,27,32)/t19-/m0/s1. The van der Waals surface area contributed by atoms with E-state index in [2.05, 4.69) is 15.5 Å². The minimum atomic E-state index is -0.422. The lowest BCUT2D eigenvalue weighted by molar-refractivity contribution is -0.115. The molecule has 3 aromatic carbocycles. The molecule has 1 atom stereocenters. The molecule has 0 aliphatic rings. The first kappa shape index (κ1) is 22.6. The summed E-state index contributed by atoms with van der Waals surface area (Å²) in [6, 6.07) is 20.9. The van der Waals surface area contributed by atoms with Gasteiger partial charge in [0.1, 0.15) is 5.75 Å². The molecule has 168 valence electrons. The summed E-state index contributed by atoms with van der Waals surface area (Å²) in [6.07, 6.45) is 0. The van der Waals surface area contributed by atoms with E-state index in [0.717, 1.165) is 28.1 Å². The van der Waals surface area contributed by atoms with Crippen LogP contribution in [0.3, 0.4) is 0 Å². The normalized spacial score (nSPS) is 11.9. The number of hydrogen-bond acceptors (Lipinski definition) is 5. The predicted octanol–water partition coefficient (Wildman–Crippen LogP) is 5.68. The van der Waals surface area contributed by atoms with Crippen LogP contribution in [-0.4, -0.2) is 31.0 Å². The lowest BCUT2D eigenvalue weighted by Crippen LogP contribution is -2.23. The number of rotatable bonds is 6. The number of aromatic hydroxyl groups is 1. The zero-order valence-corrected chi connectivity index (χ0v) is 19.9. The molecular formula is C26H26N4O2S. The minimum Gasteiger partial charge on any atom is -0.507 e. The van der Waals surface area contributed by atoms with Crippen molar-refractivity contribution in [1.29, 1.82) is 0 Å². The number of para-hydroxylation sites is 2. The van der Waals surface area contributed by atoms with Crippen molar-refractivity contribution < 1.29 is 9.90 Å². The SMILES string of the molecule is Cc1ccc(-n2c(S[C@@H](C)C(=O)Nc3c(C)cccc3C)nnc2-c2ccccc2O)cc1. The highest BCUT2D eigenvalue weighted by Crippen LogP contribution is 2.34. The van der Waals surface area contributed by atoms with Crippen LogP contribution in [0.5, 0.6) is 5.75 Å². The topological polar surface area (TPSA) is 80.0 Å². The van der Waals surface area contributed by atoms with Crippen molar-refractivity contribution >= 4 is 23.4 Å². The number of nitrogens with one attached hydrogen (secondary N) is 1. The van der Waals surface area contributed by atoms with Crippen LogP contribution in [0.1, 0.15) is 23.6 Å². The molecule has 6 nitrogen and oxygen atoms in total. The Labute approximate surface area is 197 Å². The highest BCUT2D eigenvalue weighted by Gasteiger charge is 2.23. The van der Waals surface area contributed by atoms with E-state index in [1.807, 2.05) is 80.8 Å². The number of phenols is 1. The van der Waals surface area contributed by atoms with Crippen molar-refractivity contribution in [2.45, 2.75) is 38.1 Å². The lowest BCUT2D eigenvalue weighted by atomic mass is 10.1. The quantitative estimate of drug-likeness (QED) is 0.363. The van der Waals surface area contributed by atoms with Gasteiger partial charge in [-0.15, -0.1) is 10.2 Å². The van der Waals surface area contributed by atoms with E-state index in [4.69, 9.17) is 0 Å². The molecule has 0 saturated carbocycles. The Balaban J connectivity index is 1.68. The van der Waals surface area contributed by atoms with E-state index in [0.29, 0.717) is 16.5 Å². The fourth-order valence-electron chi connectivity index (χ4n) is 3.56. The molecule has 0 bridgehead atoms. The van der Waals surface area contributed by atoms with Crippen LogP contribution in [0.2, 0.25) is 0 Å². The largest absolute Gasteiger partial charge is 0.507 e. The van der Waals surface area contributed by atoms with Crippen molar-refractivity contribution in [3.05, 3.63) is 83.4 Å². The van der Waals surface area contributed by atoms with Gasteiger partial charge in [-0.1, -0.05) is 59.8 Å². The highest BCUT2D eigenvalue weighted by atomic mass is 32.2. The Morgan fingerprint density at radius 3 is 2.27 bits per heavy atom. The highest BCUT2D eigenvalue weighted by molar-refractivity contribution is 8.00. The van der Waals surface area contributed by atoms with Crippen LogP contribution in [-0.2, 0) is 4.79 Å². The number of carbonyl (C=O) groups is 1. The van der Waals surface area contributed by atoms with E-state index in [1.54, 1.807) is 18.2 Å². The second-order valence-corrected chi connectivity index (χ2v) is 9.32. The molecule has 1 heterocycles. The van der Waals surface area contributed by atoms with Gasteiger partial charge in [-0.3, -0.25) is 9.36 Å². The number of thioether (sulfide) groups is 1. The fraction of sp³-hybridized carbons (Fsp3) is 0.192. The van der Waals surface area contributed by atoms with E-state index in [1.165, 1.54) is 11.8 Å². The number of phenolic OH excluding ortho intramolecular Hbond substituents is 1. The Morgan fingerprint density at radius 1 is 0.939 bits per heavy atom. The second kappa shape index (κ2) is 9.50. The number of aryl methyl sites for hydroxylation is 3. The molecule has 33 heavy (non-hydrogen) atoms. The van der Waals surface area contributed by atoms with Gasteiger partial charge in [0.15, 0.2) is 11.0 Å². The number of benzene rings is 3. The van der Waals surface area contributed by atoms with Gasteiger partial charge in [0.05, 0.1) is 10.8 Å². The van der Waals surface area contributed by atoms with Crippen LogP contribution in [0.25, 0.3) is 17.1 Å². The van der Waals surface area contributed by atoms with Crippen molar-refractivity contribution in [3.8, 4) is 22.8 Å². The molecule has 4 aromatic rings. The summed E-state index contributed by atoms with van der Waals surface area (Å²) >= 11 is 1.33. The van der Waals surface area contributed by atoms with Crippen LogP contribution >= 0.6 is 11.8 Å². The van der Waals surface area contributed by atoms with Crippen LogP contribution in [0, 0.1) is 20.8 Å². The average Bonchev–Trinajstić information content (AvgIpc) is 3.20. The first-order valence-electron chi connectivity index (χ1n) is 10.7. The van der Waals surface area contributed by atoms with Gasteiger partial charge >= 0.3 is 0 Å². The molecule has 7 heteroatoms. The van der Waals surface area contributed by atoms with Crippen LogP contribution in [0.15, 0.2) is 71.9 Å². The van der Waals surface area contributed by atoms with Gasteiger partial charge in [0.25, 0.3) is 0 Å². The van der Waals surface area contributed by atoms with E-state index in [-0.39, 0.29) is 11.7 Å². The number of carbonyl (C=O) groups excluding carboxylic acids is 1. The summed E-state index contributed by atoms with van der Waals surface area (Å²) in [6.45, 7) is 7.83. The number of anilines is 1. The smallest absolute Gasteiger partial charge is 0.237 e. The van der Waals surface area contributed by atoms with Crippen molar-refractivity contribution in [2.75, 3.05) is 5.32 Å². The zero-order valence-electron chi connectivity index (χ0n) is 19.0. The van der Waals surface area contributed by atoms with Gasteiger partial charge < -0.3 is 10.4 Å². The molecule has 2 N–H and O–H groups in total. The maximum Gasteiger partial charge on any atom is 0.237 e. The minimum absolute atomic E-state index is 0.111. The maximum atomic E-state index is 13.0. The van der Waals surface area contributed by atoms with Crippen molar-refractivity contribution in [2.24, 2.45) is 0 Å². The molecule has 0 fully saturated rings. The molecule has 1 amide bonds. The summed E-state index contributed by atoms with van der Waals surface area (Å²) < 4.78 is 1.88. The first-order valence-corrected chi connectivity index (χ1v) is 11.6. The average molecular weight is 459 g/mol. The van der Waals surface area contributed by atoms with Crippen molar-refractivity contribution in [3.63, 3.8) is 0 Å². The molecule has 0 unspecified atom stereocenters. The molecule has 0 radical (unpaired) electrons. The Hall–Kier alpha value is -3.58. The van der Waals surface area contributed by atoms with Gasteiger partial charge in [-0.05, 0) is 63.1 Å². The fourth-order valence-corrected chi connectivity index (χ4v) is 4.43. The monoisotopic (exact) mass is 458 g/mol. The van der Waals surface area contributed by atoms with Crippen LogP contribution in [0.4, 0.5) is 5.69 Å². The molecule has 4 rings (SSSR count). The Kier molecular flexibility index (Phi) is 6.51. The van der Waals surface area contributed by atoms with Gasteiger partial charge in [-0.25, -0.2) is 0 Å². The summed E-state index contributed by atoms with van der Waals surface area (Å²) in [4.78, 5) is 13.0. The van der Waals surface area contributed by atoms with Crippen LogP contribution < -0.4 is 5.32 Å². The lowest BCUT2D eigenvalue weighted by Gasteiger charge is -2.16. The maximum absolute atomic E-state index is 13.0. The summed E-state index contributed by atoms with van der Waals surface area (Å²) in [5.41, 5.74) is 5.44. The zero-order chi connectivity index (χ0) is 23.5. The number of hydrogen-bond donors (Lipinski definition) is 2. The molecule has 0 spiro atoms. The summed E-state index contributed by atoms with van der Waals surface area (Å²) in [7, 11) is 0. The Bertz CT molecular complexity index is 1280. The number of aromatic nitrogens is 3. The number of amides is 1. The van der Waals surface area contributed by atoms with Crippen molar-refractivity contribution in [1.82, 2.24) is 14.8 Å². The third-order valence-corrected chi connectivity index (χ3v) is 6.49. The van der Waals surface area contributed by atoms with Gasteiger partial charge in [-0.2, -0.15) is 0 Å². The van der Waals surface area contributed by atoms with E-state index >= 15 is 0 Å². The predicted molar refractivity (Wildman–Crippen MR) is 133 cm³/mol. The van der Waals surface area contributed by atoms with E-state index < -0.39 is 5.25 Å². The third-order valence-electron chi connectivity index (χ3n) is 5.45. The summed E-state index contributed by atoms with van der Waals surface area (Å²) in [5.74, 6) is 0.525. The first-order chi connectivity index (χ1) is 15.8. The second-order valence-electron chi connectivity index (χ2n) is 8.01. The molecule has 0 saturated heterocycles. The summed E-state index contributed by atoms with van der Waals surface area (Å²) in [5, 5.41) is 22.4. The molecular weight excluding hydrogens is 432 g/mol. The molecule has 0 aliphatic carbocycles. The number of nitrogens with zero attached hydrogens (tertiary/aromatic N) is 3. The molecule has 1 aromatic heterocycles. The van der Waals surface area contributed by atoms with E-state index in [9.17, 15) is 9.90 Å². The Morgan fingerprint density at radius 2 is 1.61 bits per heavy atom. The molecule has 0 aliphatic heterocycles.